The first kappa shape index (κ1) is 21.0. The highest BCUT2D eigenvalue weighted by Crippen LogP contribution is 2.25. The Morgan fingerprint density at radius 2 is 2.00 bits per heavy atom. The Labute approximate surface area is 183 Å². The molecule has 2 amide bonds. The summed E-state index contributed by atoms with van der Waals surface area (Å²) in [7, 11) is 0. The number of carbonyl (C=O) groups is 2. The summed E-state index contributed by atoms with van der Waals surface area (Å²) in [5.41, 5.74) is 1.78. The smallest absolute Gasteiger partial charge is 0.290 e. The van der Waals surface area contributed by atoms with Crippen molar-refractivity contribution >= 4 is 46.3 Å². The molecule has 8 nitrogen and oxygen atoms in total. The van der Waals surface area contributed by atoms with Crippen molar-refractivity contribution in [2.45, 2.75) is 51.1 Å². The molecule has 1 saturated carbocycles. The first-order valence-electron chi connectivity index (χ1n) is 10.0. The molecule has 0 aromatic carbocycles. The Morgan fingerprint density at radius 1 is 1.20 bits per heavy atom. The fourth-order valence-electron chi connectivity index (χ4n) is 3.63. The van der Waals surface area contributed by atoms with Crippen LogP contribution >= 0.6 is 23.1 Å². The van der Waals surface area contributed by atoms with Crippen molar-refractivity contribution in [3.05, 3.63) is 38.9 Å². The van der Waals surface area contributed by atoms with Gasteiger partial charge in [-0.2, -0.15) is 0 Å². The van der Waals surface area contributed by atoms with Crippen LogP contribution in [-0.4, -0.2) is 44.7 Å². The van der Waals surface area contributed by atoms with Gasteiger partial charge < -0.3 is 10.6 Å². The molecule has 1 aliphatic heterocycles. The largest absolute Gasteiger partial charge is 0.351 e. The van der Waals surface area contributed by atoms with Gasteiger partial charge in [-0.25, -0.2) is 15.0 Å². The maximum absolute atomic E-state index is 11.7. The van der Waals surface area contributed by atoms with Crippen LogP contribution in [0.15, 0.2) is 22.5 Å². The molecule has 2 aromatic rings. The molecule has 2 fully saturated rings. The lowest BCUT2D eigenvalue weighted by molar-refractivity contribution is -0.115. The second-order valence-electron chi connectivity index (χ2n) is 7.41. The summed E-state index contributed by atoms with van der Waals surface area (Å²) in [6.45, 7) is 3.00. The molecule has 30 heavy (non-hydrogen) atoms. The number of aromatic nitrogens is 3. The molecule has 0 bridgehead atoms. The number of nitrogens with zero attached hydrogens (tertiary/aromatic N) is 3. The monoisotopic (exact) mass is 444 g/mol. The molecule has 3 N–H and O–H groups in total. The molecular weight excluding hydrogens is 420 g/mol. The molecule has 0 radical (unpaired) electrons. The summed E-state index contributed by atoms with van der Waals surface area (Å²) < 4.78 is 0. The Hall–Kier alpha value is -2.30. The normalized spacial score (nSPS) is 23.0. The van der Waals surface area contributed by atoms with Crippen LogP contribution in [0.1, 0.15) is 42.1 Å². The number of rotatable bonds is 7. The summed E-state index contributed by atoms with van der Waals surface area (Å²) in [4.78, 5) is 36.6. The Morgan fingerprint density at radius 3 is 2.70 bits per heavy atom. The number of anilines is 1. The summed E-state index contributed by atoms with van der Waals surface area (Å²) in [6, 6.07) is 2.59. The SMILES string of the molecule is Cc1nc(CCNC2CCC(Nc3nccc(C=C4SC(=O)NC4=O)n3)CC2)cs1. The molecule has 0 unspecified atom stereocenters. The fourth-order valence-corrected chi connectivity index (χ4v) is 4.94. The topological polar surface area (TPSA) is 109 Å². The van der Waals surface area contributed by atoms with Gasteiger partial charge in [0.1, 0.15) is 0 Å². The number of amides is 2. The average molecular weight is 445 g/mol. The first-order valence-corrected chi connectivity index (χ1v) is 11.7. The van der Waals surface area contributed by atoms with Crippen LogP contribution in [0, 0.1) is 6.92 Å². The van der Waals surface area contributed by atoms with Crippen LogP contribution in [-0.2, 0) is 11.2 Å². The van der Waals surface area contributed by atoms with E-state index in [4.69, 9.17) is 0 Å². The Balaban J connectivity index is 1.23. The van der Waals surface area contributed by atoms with Crippen molar-refractivity contribution < 1.29 is 9.59 Å². The number of hydrogen-bond acceptors (Lipinski definition) is 9. The Bertz CT molecular complexity index is 952. The van der Waals surface area contributed by atoms with E-state index in [2.05, 4.69) is 36.3 Å². The highest BCUT2D eigenvalue weighted by molar-refractivity contribution is 8.18. The highest BCUT2D eigenvalue weighted by atomic mass is 32.2. The lowest BCUT2D eigenvalue weighted by Crippen LogP contribution is -2.38. The van der Waals surface area contributed by atoms with E-state index in [1.807, 2.05) is 6.92 Å². The van der Waals surface area contributed by atoms with Crippen LogP contribution in [0.25, 0.3) is 6.08 Å². The summed E-state index contributed by atoms with van der Waals surface area (Å²) in [5.74, 6) is 0.170. The third-order valence-electron chi connectivity index (χ3n) is 5.14. The number of nitrogens with one attached hydrogen (secondary N) is 3. The molecule has 2 aliphatic rings. The molecule has 3 heterocycles. The maximum atomic E-state index is 11.7. The summed E-state index contributed by atoms with van der Waals surface area (Å²) in [6.07, 6.45) is 8.56. The van der Waals surface area contributed by atoms with Crippen molar-refractivity contribution in [3.63, 3.8) is 0 Å². The minimum absolute atomic E-state index is 0.331. The molecule has 0 spiro atoms. The van der Waals surface area contributed by atoms with Gasteiger partial charge in [0.2, 0.25) is 5.95 Å². The third-order valence-corrected chi connectivity index (χ3v) is 6.77. The lowest BCUT2D eigenvalue weighted by atomic mass is 9.91. The van der Waals surface area contributed by atoms with Gasteiger partial charge in [0.25, 0.3) is 11.1 Å². The van der Waals surface area contributed by atoms with Crippen LogP contribution in [0.5, 0.6) is 0 Å². The number of thiazole rings is 1. The molecule has 158 valence electrons. The molecule has 1 aliphatic carbocycles. The van der Waals surface area contributed by atoms with Crippen molar-refractivity contribution in [1.82, 2.24) is 25.6 Å². The quantitative estimate of drug-likeness (QED) is 0.559. The standard InChI is InChI=1S/C20H24N6O2S2/c1-12-23-16(11-29-12)7-8-21-13-2-4-14(5-3-13)24-19-22-9-6-15(25-19)10-17-18(27)26-20(28)30-17/h6,9-11,13-14,21H,2-5,7-8H2,1H3,(H,22,24,25)(H,26,27,28). The summed E-state index contributed by atoms with van der Waals surface area (Å²) in [5, 5.41) is 12.2. The number of aryl methyl sites for hydroxylation is 1. The zero-order chi connectivity index (χ0) is 20.9. The van der Waals surface area contributed by atoms with Gasteiger partial charge in [0.15, 0.2) is 0 Å². The van der Waals surface area contributed by atoms with Gasteiger partial charge in [-0.1, -0.05) is 0 Å². The van der Waals surface area contributed by atoms with Crippen molar-refractivity contribution in [1.29, 1.82) is 0 Å². The number of imide groups is 1. The van der Waals surface area contributed by atoms with Crippen molar-refractivity contribution in [2.24, 2.45) is 0 Å². The van der Waals surface area contributed by atoms with Gasteiger partial charge in [-0.3, -0.25) is 14.9 Å². The van der Waals surface area contributed by atoms with E-state index in [0.717, 1.165) is 55.4 Å². The second-order valence-corrected chi connectivity index (χ2v) is 9.49. The van der Waals surface area contributed by atoms with Crippen molar-refractivity contribution in [3.8, 4) is 0 Å². The molecule has 10 heteroatoms. The van der Waals surface area contributed by atoms with Crippen LogP contribution in [0.4, 0.5) is 10.7 Å². The molecular formula is C20H24N6O2S2. The number of hydrogen-bond donors (Lipinski definition) is 3. The maximum Gasteiger partial charge on any atom is 0.290 e. The Kier molecular flexibility index (Phi) is 6.76. The van der Waals surface area contributed by atoms with E-state index in [9.17, 15) is 9.59 Å². The first-order chi connectivity index (χ1) is 14.5. The molecule has 1 saturated heterocycles. The van der Waals surface area contributed by atoms with Gasteiger partial charge >= 0.3 is 0 Å². The number of carbonyl (C=O) groups excluding carboxylic acids is 2. The van der Waals surface area contributed by atoms with E-state index in [-0.39, 0.29) is 11.1 Å². The zero-order valence-electron chi connectivity index (χ0n) is 16.7. The summed E-state index contributed by atoms with van der Waals surface area (Å²) >= 11 is 2.59. The minimum Gasteiger partial charge on any atom is -0.351 e. The van der Waals surface area contributed by atoms with E-state index < -0.39 is 0 Å². The van der Waals surface area contributed by atoms with Gasteiger partial charge in [-0.05, 0) is 56.5 Å². The zero-order valence-corrected chi connectivity index (χ0v) is 18.3. The van der Waals surface area contributed by atoms with Crippen LogP contribution < -0.4 is 16.0 Å². The van der Waals surface area contributed by atoms with Crippen molar-refractivity contribution in [2.75, 3.05) is 11.9 Å². The highest BCUT2D eigenvalue weighted by Gasteiger charge is 2.25. The van der Waals surface area contributed by atoms with E-state index in [1.54, 1.807) is 29.7 Å². The number of thioether (sulfide) groups is 1. The minimum atomic E-state index is -0.381. The second kappa shape index (κ2) is 9.67. The lowest BCUT2D eigenvalue weighted by Gasteiger charge is -2.29. The van der Waals surface area contributed by atoms with Gasteiger partial charge in [0, 0.05) is 36.6 Å². The van der Waals surface area contributed by atoms with Gasteiger partial charge in [0.05, 0.1) is 21.3 Å². The van der Waals surface area contributed by atoms with Gasteiger partial charge in [-0.15, -0.1) is 11.3 Å². The average Bonchev–Trinajstić information content (AvgIpc) is 3.27. The van der Waals surface area contributed by atoms with Crippen LogP contribution in [0.3, 0.4) is 0 Å². The fraction of sp³-hybridized carbons (Fsp3) is 0.450. The van der Waals surface area contributed by atoms with E-state index in [0.29, 0.717) is 28.6 Å². The van der Waals surface area contributed by atoms with E-state index >= 15 is 0 Å². The van der Waals surface area contributed by atoms with E-state index in [1.165, 1.54) is 5.69 Å². The molecule has 2 aromatic heterocycles. The predicted molar refractivity (Wildman–Crippen MR) is 119 cm³/mol. The third kappa shape index (κ3) is 5.65. The molecule has 0 atom stereocenters. The van der Waals surface area contributed by atoms with Crippen LogP contribution in [0.2, 0.25) is 0 Å². The predicted octanol–water partition coefficient (Wildman–Crippen LogP) is 3.12. The molecule has 4 rings (SSSR count).